The second-order valence-corrected chi connectivity index (χ2v) is 4.44. The number of rotatable bonds is 0. The number of amides is 1. The van der Waals surface area contributed by atoms with Crippen molar-refractivity contribution in [2.24, 2.45) is 0 Å². The Hall–Kier alpha value is -1.71. The van der Waals surface area contributed by atoms with Crippen LogP contribution in [0.25, 0.3) is 0 Å². The molecule has 0 saturated heterocycles. The molecule has 1 saturated carbocycles. The molecule has 0 atom stereocenters. The molecule has 2 N–H and O–H groups in total. The number of hydrogen-bond donors (Lipinski definition) is 2. The van der Waals surface area contributed by atoms with Gasteiger partial charge >= 0.3 is 0 Å². The van der Waals surface area contributed by atoms with Crippen LogP contribution >= 0.6 is 0 Å². The molecular formula is C12H13NO3. The molecule has 4 heteroatoms. The predicted octanol–water partition coefficient (Wildman–Crippen LogP) is 2.04. The fourth-order valence-electron chi connectivity index (χ4n) is 2.47. The van der Waals surface area contributed by atoms with Crippen molar-refractivity contribution < 1.29 is 14.6 Å². The van der Waals surface area contributed by atoms with Gasteiger partial charge < -0.3 is 15.2 Å². The number of phenols is 1. The van der Waals surface area contributed by atoms with E-state index in [-0.39, 0.29) is 11.7 Å². The lowest BCUT2D eigenvalue weighted by molar-refractivity contribution is -0.131. The molecule has 0 radical (unpaired) electrons. The van der Waals surface area contributed by atoms with Gasteiger partial charge in [-0.25, -0.2) is 0 Å². The Morgan fingerprint density at radius 2 is 2.06 bits per heavy atom. The Labute approximate surface area is 93.2 Å². The molecule has 0 bridgehead atoms. The molecule has 1 aliphatic heterocycles. The Morgan fingerprint density at radius 1 is 1.31 bits per heavy atom. The zero-order valence-electron chi connectivity index (χ0n) is 8.82. The fraction of sp³-hybridized carbons (Fsp3) is 0.417. The number of carbonyl (C=O) groups excluding carboxylic acids is 1. The third kappa shape index (κ3) is 1.26. The number of hydrogen-bond acceptors (Lipinski definition) is 3. The summed E-state index contributed by atoms with van der Waals surface area (Å²) < 4.78 is 5.80. The summed E-state index contributed by atoms with van der Waals surface area (Å²) in [4.78, 5) is 12.0. The van der Waals surface area contributed by atoms with E-state index in [1.807, 2.05) is 0 Å². The van der Waals surface area contributed by atoms with Gasteiger partial charge in [0, 0.05) is 6.07 Å². The Morgan fingerprint density at radius 3 is 2.81 bits per heavy atom. The van der Waals surface area contributed by atoms with Crippen LogP contribution in [0.2, 0.25) is 0 Å². The highest BCUT2D eigenvalue weighted by Crippen LogP contribution is 2.42. The minimum Gasteiger partial charge on any atom is -0.508 e. The largest absolute Gasteiger partial charge is 0.508 e. The number of phenolic OH excluding ortho intramolecular Hbond substituents is 1. The minimum atomic E-state index is -0.694. The van der Waals surface area contributed by atoms with Crippen LogP contribution in [0.5, 0.6) is 11.5 Å². The molecule has 1 aliphatic carbocycles. The van der Waals surface area contributed by atoms with Crippen LogP contribution in [-0.4, -0.2) is 16.6 Å². The molecular weight excluding hydrogens is 206 g/mol. The molecule has 0 aromatic heterocycles. The van der Waals surface area contributed by atoms with Crippen LogP contribution in [0.1, 0.15) is 25.7 Å². The smallest absolute Gasteiger partial charge is 0.268 e. The van der Waals surface area contributed by atoms with Crippen molar-refractivity contribution >= 4 is 11.6 Å². The van der Waals surface area contributed by atoms with Crippen molar-refractivity contribution in [3.8, 4) is 11.5 Å². The third-order valence-corrected chi connectivity index (χ3v) is 3.34. The first kappa shape index (κ1) is 9.51. The van der Waals surface area contributed by atoms with Crippen molar-refractivity contribution in [3.63, 3.8) is 0 Å². The molecule has 1 amide bonds. The van der Waals surface area contributed by atoms with Gasteiger partial charge in [-0.2, -0.15) is 0 Å². The van der Waals surface area contributed by atoms with E-state index in [1.54, 1.807) is 12.1 Å². The first-order valence-electron chi connectivity index (χ1n) is 5.53. The summed E-state index contributed by atoms with van der Waals surface area (Å²) in [5, 5.41) is 12.2. The van der Waals surface area contributed by atoms with E-state index in [2.05, 4.69) is 5.32 Å². The SMILES string of the molecule is O=C1Nc2ccc(O)cc2OC12CCCC2. The highest BCUT2D eigenvalue weighted by molar-refractivity contribution is 6.01. The maximum atomic E-state index is 12.0. The number of aromatic hydroxyl groups is 1. The highest BCUT2D eigenvalue weighted by atomic mass is 16.5. The summed E-state index contributed by atoms with van der Waals surface area (Å²) in [6.07, 6.45) is 3.55. The van der Waals surface area contributed by atoms with E-state index >= 15 is 0 Å². The van der Waals surface area contributed by atoms with Crippen molar-refractivity contribution in [2.45, 2.75) is 31.3 Å². The number of nitrogens with one attached hydrogen (secondary N) is 1. The molecule has 2 aliphatic rings. The molecule has 4 nitrogen and oxygen atoms in total. The monoisotopic (exact) mass is 219 g/mol. The van der Waals surface area contributed by atoms with Gasteiger partial charge in [0.1, 0.15) is 11.5 Å². The lowest BCUT2D eigenvalue weighted by Crippen LogP contribution is -2.48. The molecule has 16 heavy (non-hydrogen) atoms. The molecule has 84 valence electrons. The number of ether oxygens (including phenoxy) is 1. The molecule has 3 rings (SSSR count). The van der Waals surface area contributed by atoms with Gasteiger partial charge in [0.05, 0.1) is 5.69 Å². The van der Waals surface area contributed by atoms with Crippen LogP contribution < -0.4 is 10.1 Å². The highest BCUT2D eigenvalue weighted by Gasteiger charge is 2.46. The Bertz CT molecular complexity index is 450. The standard InChI is InChI=1S/C12H13NO3/c14-8-3-4-9-10(7-8)16-12(11(15)13-9)5-1-2-6-12/h3-4,7,14H,1-2,5-6H2,(H,13,15). The zero-order valence-corrected chi connectivity index (χ0v) is 8.82. The normalized spacial score (nSPS) is 21.4. The molecule has 0 unspecified atom stereocenters. The van der Waals surface area contributed by atoms with Crippen molar-refractivity contribution in [2.75, 3.05) is 5.32 Å². The lowest BCUT2D eigenvalue weighted by atomic mass is 9.98. The Kier molecular flexibility index (Phi) is 1.87. The summed E-state index contributed by atoms with van der Waals surface area (Å²) in [6, 6.07) is 4.74. The van der Waals surface area contributed by atoms with Crippen LogP contribution in [0, 0.1) is 0 Å². The van der Waals surface area contributed by atoms with E-state index in [4.69, 9.17) is 4.74 Å². The van der Waals surface area contributed by atoms with Gasteiger partial charge in [0.2, 0.25) is 0 Å². The fourth-order valence-corrected chi connectivity index (χ4v) is 2.47. The second kappa shape index (κ2) is 3.14. The molecule has 1 fully saturated rings. The topological polar surface area (TPSA) is 58.6 Å². The van der Waals surface area contributed by atoms with Gasteiger partial charge in [-0.15, -0.1) is 0 Å². The summed E-state index contributed by atoms with van der Waals surface area (Å²) in [6.45, 7) is 0. The van der Waals surface area contributed by atoms with Crippen LogP contribution in [0.4, 0.5) is 5.69 Å². The van der Waals surface area contributed by atoms with E-state index in [0.29, 0.717) is 11.4 Å². The maximum absolute atomic E-state index is 12.0. The van der Waals surface area contributed by atoms with Gasteiger partial charge in [-0.1, -0.05) is 0 Å². The number of fused-ring (bicyclic) bond motifs is 1. The molecule has 1 heterocycles. The van der Waals surface area contributed by atoms with Gasteiger partial charge in [0.25, 0.3) is 5.91 Å². The molecule has 1 aromatic rings. The molecule has 1 aromatic carbocycles. The first-order chi connectivity index (χ1) is 7.70. The summed E-state index contributed by atoms with van der Waals surface area (Å²) in [5.41, 5.74) is -0.0545. The van der Waals surface area contributed by atoms with Gasteiger partial charge in [-0.05, 0) is 37.8 Å². The van der Waals surface area contributed by atoms with Crippen molar-refractivity contribution in [3.05, 3.63) is 18.2 Å². The number of anilines is 1. The minimum absolute atomic E-state index is 0.0526. The maximum Gasteiger partial charge on any atom is 0.268 e. The van der Waals surface area contributed by atoms with E-state index < -0.39 is 5.60 Å². The number of benzene rings is 1. The van der Waals surface area contributed by atoms with Crippen molar-refractivity contribution in [1.29, 1.82) is 0 Å². The van der Waals surface area contributed by atoms with Gasteiger partial charge in [-0.3, -0.25) is 4.79 Å². The summed E-state index contributed by atoms with van der Waals surface area (Å²) in [5.74, 6) is 0.674. The van der Waals surface area contributed by atoms with E-state index in [0.717, 1.165) is 25.7 Å². The van der Waals surface area contributed by atoms with Crippen LogP contribution in [-0.2, 0) is 4.79 Å². The molecule has 1 spiro atoms. The zero-order chi connectivity index (χ0) is 11.2. The van der Waals surface area contributed by atoms with Crippen molar-refractivity contribution in [1.82, 2.24) is 0 Å². The lowest BCUT2D eigenvalue weighted by Gasteiger charge is -2.34. The second-order valence-electron chi connectivity index (χ2n) is 4.44. The van der Waals surface area contributed by atoms with E-state index in [1.165, 1.54) is 6.07 Å². The quantitative estimate of drug-likeness (QED) is 0.656. The van der Waals surface area contributed by atoms with Gasteiger partial charge in [0.15, 0.2) is 5.60 Å². The average Bonchev–Trinajstić information content (AvgIpc) is 2.70. The number of carbonyl (C=O) groups is 1. The third-order valence-electron chi connectivity index (χ3n) is 3.34. The van der Waals surface area contributed by atoms with Crippen LogP contribution in [0.15, 0.2) is 18.2 Å². The summed E-state index contributed by atoms with van der Waals surface area (Å²) >= 11 is 0. The Balaban J connectivity index is 2.02. The predicted molar refractivity (Wildman–Crippen MR) is 58.6 cm³/mol. The van der Waals surface area contributed by atoms with Crippen LogP contribution in [0.3, 0.4) is 0 Å². The first-order valence-corrected chi connectivity index (χ1v) is 5.53. The summed E-state index contributed by atoms with van der Waals surface area (Å²) in [7, 11) is 0. The van der Waals surface area contributed by atoms with E-state index in [9.17, 15) is 9.90 Å². The average molecular weight is 219 g/mol.